The van der Waals surface area contributed by atoms with Crippen molar-refractivity contribution in [1.29, 1.82) is 0 Å². The number of carbonyl (C=O) groups is 2. The maximum atomic E-state index is 13.4. The quantitative estimate of drug-likeness (QED) is 0.617. The van der Waals surface area contributed by atoms with E-state index in [1.807, 2.05) is 36.4 Å². The van der Waals surface area contributed by atoms with Gasteiger partial charge >= 0.3 is 0 Å². The Hall–Kier alpha value is -2.36. The van der Waals surface area contributed by atoms with Crippen LogP contribution in [-0.2, 0) is 4.79 Å². The third-order valence-electron chi connectivity index (χ3n) is 6.02. The molecule has 0 saturated carbocycles. The van der Waals surface area contributed by atoms with Gasteiger partial charge in [0.25, 0.3) is 0 Å². The lowest BCUT2D eigenvalue weighted by Gasteiger charge is -2.39. The van der Waals surface area contributed by atoms with Crippen LogP contribution in [0.3, 0.4) is 0 Å². The SMILES string of the molecule is CC1(C)CC(=O)C2=C(C1)NC1=C(C(=O)c3ccccc31)[C@H]2c1cccc(Cl)c1Cl. The molecule has 1 N–H and O–H groups in total. The molecule has 2 aromatic rings. The lowest BCUT2D eigenvalue weighted by Crippen LogP contribution is -2.37. The third kappa shape index (κ3) is 2.72. The topological polar surface area (TPSA) is 46.2 Å². The van der Waals surface area contributed by atoms with Crippen LogP contribution in [-0.4, -0.2) is 11.6 Å². The van der Waals surface area contributed by atoms with Crippen LogP contribution < -0.4 is 5.32 Å². The van der Waals surface area contributed by atoms with E-state index >= 15 is 0 Å². The molecule has 3 aliphatic rings. The Balaban J connectivity index is 1.79. The molecule has 2 aromatic carbocycles. The van der Waals surface area contributed by atoms with Crippen molar-refractivity contribution in [3.63, 3.8) is 0 Å². The van der Waals surface area contributed by atoms with Crippen molar-refractivity contribution in [1.82, 2.24) is 5.32 Å². The highest BCUT2D eigenvalue weighted by Gasteiger charge is 2.46. The van der Waals surface area contributed by atoms with Crippen LogP contribution in [0.4, 0.5) is 0 Å². The summed E-state index contributed by atoms with van der Waals surface area (Å²) >= 11 is 12.9. The number of hydrogen-bond acceptors (Lipinski definition) is 3. The molecule has 5 rings (SSSR count). The zero-order valence-corrected chi connectivity index (χ0v) is 17.6. The fourth-order valence-electron chi connectivity index (χ4n) is 4.84. The molecule has 0 saturated heterocycles. The molecule has 0 amide bonds. The molecule has 1 heterocycles. The second-order valence-electron chi connectivity index (χ2n) is 8.70. The molecule has 0 fully saturated rings. The van der Waals surface area contributed by atoms with Crippen LogP contribution in [0.1, 0.15) is 54.1 Å². The van der Waals surface area contributed by atoms with Gasteiger partial charge < -0.3 is 5.32 Å². The van der Waals surface area contributed by atoms with Gasteiger partial charge in [0.1, 0.15) is 0 Å². The van der Waals surface area contributed by atoms with E-state index in [0.29, 0.717) is 38.7 Å². The van der Waals surface area contributed by atoms with Crippen LogP contribution >= 0.6 is 23.2 Å². The number of fused-ring (bicyclic) bond motifs is 2. The standard InChI is InChI=1S/C24H19Cl2NO2/c1-24(2)10-16-19(17(28)11-24)18(14-8-5-9-15(25)21(14)26)20-22(27-16)12-6-3-4-7-13(12)23(20)29/h3-9,18,27H,10-11H2,1-2H3/t18-/m0/s1. The summed E-state index contributed by atoms with van der Waals surface area (Å²) in [5, 5.41) is 4.27. The third-order valence-corrected chi connectivity index (χ3v) is 6.85. The van der Waals surface area contributed by atoms with Crippen molar-refractivity contribution >= 4 is 40.5 Å². The molecular formula is C24H19Cl2NO2. The fourth-order valence-corrected chi connectivity index (χ4v) is 5.26. The Kier molecular flexibility index (Phi) is 4.06. The lowest BCUT2D eigenvalue weighted by molar-refractivity contribution is -0.118. The Morgan fingerprint density at radius 1 is 0.931 bits per heavy atom. The van der Waals surface area contributed by atoms with Gasteiger partial charge in [0.2, 0.25) is 0 Å². The Morgan fingerprint density at radius 3 is 2.41 bits per heavy atom. The minimum absolute atomic E-state index is 0.0556. The summed E-state index contributed by atoms with van der Waals surface area (Å²) in [5.74, 6) is -0.524. The van der Waals surface area contributed by atoms with E-state index in [4.69, 9.17) is 23.2 Å². The van der Waals surface area contributed by atoms with Crippen LogP contribution in [0.25, 0.3) is 5.70 Å². The Labute approximate surface area is 179 Å². The monoisotopic (exact) mass is 423 g/mol. The minimum atomic E-state index is -0.518. The molecule has 0 radical (unpaired) electrons. The summed E-state index contributed by atoms with van der Waals surface area (Å²) in [6, 6.07) is 13.0. The van der Waals surface area contributed by atoms with E-state index in [1.54, 1.807) is 6.07 Å². The van der Waals surface area contributed by atoms with Gasteiger partial charge in [0.05, 0.1) is 15.7 Å². The molecule has 29 heavy (non-hydrogen) atoms. The van der Waals surface area contributed by atoms with Gasteiger partial charge in [-0.1, -0.05) is 73.4 Å². The van der Waals surface area contributed by atoms with E-state index in [9.17, 15) is 9.59 Å². The van der Waals surface area contributed by atoms with Crippen molar-refractivity contribution in [3.05, 3.63) is 86.0 Å². The number of hydrogen-bond donors (Lipinski definition) is 1. The van der Waals surface area contributed by atoms with Crippen LogP contribution in [0.15, 0.2) is 59.3 Å². The summed E-state index contributed by atoms with van der Waals surface area (Å²) < 4.78 is 0. The number of carbonyl (C=O) groups excluding carboxylic acids is 2. The second kappa shape index (κ2) is 6.32. The first kappa shape index (κ1) is 18.7. The highest BCUT2D eigenvalue weighted by atomic mass is 35.5. The molecule has 5 heteroatoms. The van der Waals surface area contributed by atoms with E-state index in [0.717, 1.165) is 23.4 Å². The zero-order chi connectivity index (χ0) is 20.5. The first-order valence-corrected chi connectivity index (χ1v) is 10.4. The van der Waals surface area contributed by atoms with Crippen molar-refractivity contribution in [2.75, 3.05) is 0 Å². The average Bonchev–Trinajstić information content (AvgIpc) is 2.94. The van der Waals surface area contributed by atoms with E-state index in [2.05, 4.69) is 19.2 Å². The second-order valence-corrected chi connectivity index (χ2v) is 9.48. The van der Waals surface area contributed by atoms with E-state index < -0.39 is 5.92 Å². The number of benzene rings is 2. The summed E-state index contributed by atoms with van der Waals surface area (Å²) in [6.07, 6.45) is 1.17. The molecule has 0 aromatic heterocycles. The maximum Gasteiger partial charge on any atom is 0.192 e. The summed E-state index contributed by atoms with van der Waals surface area (Å²) in [6.45, 7) is 4.19. The first-order chi connectivity index (χ1) is 13.8. The number of rotatable bonds is 1. The number of nitrogens with one attached hydrogen (secondary N) is 1. The Morgan fingerprint density at radius 2 is 1.66 bits per heavy atom. The van der Waals surface area contributed by atoms with E-state index in [-0.39, 0.29) is 17.0 Å². The molecule has 146 valence electrons. The summed E-state index contributed by atoms with van der Waals surface area (Å²) in [4.78, 5) is 26.7. The number of halogens is 2. The lowest BCUT2D eigenvalue weighted by atomic mass is 9.68. The molecule has 1 aliphatic heterocycles. The fraction of sp³-hybridized carbons (Fsp3) is 0.250. The predicted octanol–water partition coefficient (Wildman–Crippen LogP) is 5.93. The van der Waals surface area contributed by atoms with Crippen LogP contribution in [0.2, 0.25) is 10.0 Å². The molecule has 0 spiro atoms. The van der Waals surface area contributed by atoms with Crippen molar-refractivity contribution in [2.45, 2.75) is 32.6 Å². The highest BCUT2D eigenvalue weighted by Crippen LogP contribution is 2.52. The van der Waals surface area contributed by atoms with Gasteiger partial charge in [-0.05, 0) is 23.5 Å². The molecular weight excluding hydrogens is 405 g/mol. The first-order valence-electron chi connectivity index (χ1n) is 9.64. The Bertz CT molecular complexity index is 1170. The van der Waals surface area contributed by atoms with E-state index in [1.165, 1.54) is 0 Å². The van der Waals surface area contributed by atoms with Gasteiger partial charge in [-0.2, -0.15) is 0 Å². The van der Waals surface area contributed by atoms with Crippen LogP contribution in [0, 0.1) is 5.41 Å². The molecule has 1 atom stereocenters. The van der Waals surface area contributed by atoms with Gasteiger partial charge in [0.15, 0.2) is 11.6 Å². The molecule has 3 nitrogen and oxygen atoms in total. The average molecular weight is 424 g/mol. The van der Waals surface area contributed by atoms with Crippen molar-refractivity contribution in [2.24, 2.45) is 5.41 Å². The number of dihydropyridines is 1. The van der Waals surface area contributed by atoms with Gasteiger partial charge in [-0.25, -0.2) is 0 Å². The number of allylic oxidation sites excluding steroid dienone is 3. The zero-order valence-electron chi connectivity index (χ0n) is 16.1. The summed E-state index contributed by atoms with van der Waals surface area (Å²) in [5.41, 5.74) is 4.99. The molecule has 0 unspecified atom stereocenters. The van der Waals surface area contributed by atoms with Crippen LogP contribution in [0.5, 0.6) is 0 Å². The van der Waals surface area contributed by atoms with Crippen molar-refractivity contribution in [3.8, 4) is 0 Å². The van der Waals surface area contributed by atoms with Gasteiger partial charge in [-0.3, -0.25) is 9.59 Å². The molecule has 0 bridgehead atoms. The maximum absolute atomic E-state index is 13.4. The van der Waals surface area contributed by atoms with Gasteiger partial charge in [0, 0.05) is 40.3 Å². The normalized spacial score (nSPS) is 22.3. The number of ketones is 2. The largest absolute Gasteiger partial charge is 0.358 e. The molecule has 2 aliphatic carbocycles. The van der Waals surface area contributed by atoms with Crippen molar-refractivity contribution < 1.29 is 9.59 Å². The highest BCUT2D eigenvalue weighted by molar-refractivity contribution is 6.42. The van der Waals surface area contributed by atoms with Gasteiger partial charge in [-0.15, -0.1) is 0 Å². The number of Topliss-reactive ketones (excluding diaryl/α,β-unsaturated/α-hetero) is 2. The smallest absolute Gasteiger partial charge is 0.192 e. The summed E-state index contributed by atoms with van der Waals surface area (Å²) in [7, 11) is 0. The minimum Gasteiger partial charge on any atom is -0.358 e. The predicted molar refractivity (Wildman–Crippen MR) is 115 cm³/mol.